The van der Waals surface area contributed by atoms with Crippen LogP contribution < -0.4 is 0 Å². The lowest BCUT2D eigenvalue weighted by atomic mass is 10.0. The van der Waals surface area contributed by atoms with Gasteiger partial charge in [0.1, 0.15) is 5.82 Å². The lowest BCUT2D eigenvalue weighted by molar-refractivity contribution is 0.631. The maximum Gasteiger partial charge on any atom is 0.131 e. The summed E-state index contributed by atoms with van der Waals surface area (Å²) >= 11 is 3.40. The molecule has 0 saturated heterocycles. The Kier molecular flexibility index (Phi) is 4.22. The molecular weight excluding hydrogens is 299 g/mol. The van der Waals surface area contributed by atoms with E-state index in [-0.39, 0.29) is 5.82 Å². The summed E-state index contributed by atoms with van der Waals surface area (Å²) in [6, 6.07) is 17.5. The van der Waals surface area contributed by atoms with Gasteiger partial charge in [-0.25, -0.2) is 4.39 Å². The van der Waals surface area contributed by atoms with Crippen LogP contribution in [0.15, 0.2) is 64.4 Å². The van der Waals surface area contributed by atoms with E-state index in [2.05, 4.69) is 36.6 Å². The van der Waals surface area contributed by atoms with Gasteiger partial charge in [-0.1, -0.05) is 30.3 Å². The Hall–Kier alpha value is -1.45. The van der Waals surface area contributed by atoms with Crippen molar-refractivity contribution in [2.24, 2.45) is 0 Å². The van der Waals surface area contributed by atoms with Crippen LogP contribution in [0.1, 0.15) is 0 Å². The van der Waals surface area contributed by atoms with Gasteiger partial charge in [-0.05, 0) is 53.1 Å². The molecule has 0 atom stereocenters. The van der Waals surface area contributed by atoms with Crippen molar-refractivity contribution in [3.05, 3.63) is 60.4 Å². The van der Waals surface area contributed by atoms with E-state index < -0.39 is 0 Å². The van der Waals surface area contributed by atoms with Gasteiger partial charge in [0, 0.05) is 15.4 Å². The van der Waals surface area contributed by atoms with Crippen LogP contribution in [0.4, 0.5) is 4.39 Å². The lowest BCUT2D eigenvalue weighted by Gasteiger charge is -2.12. The molecule has 0 radical (unpaired) electrons. The molecule has 0 fully saturated rings. The molecule has 0 nitrogen and oxygen atoms in total. The van der Waals surface area contributed by atoms with Crippen LogP contribution in [0.3, 0.4) is 0 Å². The molecule has 0 spiro atoms. The molecule has 21 heavy (non-hydrogen) atoms. The number of benzene rings is 3. The van der Waals surface area contributed by atoms with Gasteiger partial charge in [0.25, 0.3) is 0 Å². The van der Waals surface area contributed by atoms with E-state index in [1.165, 1.54) is 16.3 Å². The topological polar surface area (TPSA) is 0 Å². The fourth-order valence-corrected chi connectivity index (χ4v) is 3.75. The summed E-state index contributed by atoms with van der Waals surface area (Å²) in [4.78, 5) is 2.36. The molecule has 3 heteroatoms. The van der Waals surface area contributed by atoms with Crippen LogP contribution in [0.25, 0.3) is 21.9 Å². The fourth-order valence-electron chi connectivity index (χ4n) is 2.51. The number of hydrogen-bond acceptors (Lipinski definition) is 2. The molecule has 3 aromatic carbocycles. The van der Waals surface area contributed by atoms with Gasteiger partial charge in [0.05, 0.1) is 0 Å². The van der Waals surface area contributed by atoms with Crippen molar-refractivity contribution in [3.63, 3.8) is 0 Å². The maximum absolute atomic E-state index is 14.1. The fraction of sp³-hybridized carbons (Fsp3) is 0.111. The van der Waals surface area contributed by atoms with Crippen molar-refractivity contribution in [1.29, 1.82) is 0 Å². The molecule has 3 aromatic rings. The molecular formula is C18H15FS2. The first kappa shape index (κ1) is 14.5. The van der Waals surface area contributed by atoms with Gasteiger partial charge in [-0.15, -0.1) is 23.5 Å². The second-order valence-electron chi connectivity index (χ2n) is 4.71. The highest BCUT2D eigenvalue weighted by Crippen LogP contribution is 2.37. The maximum atomic E-state index is 14.1. The van der Waals surface area contributed by atoms with Crippen LogP contribution in [0.5, 0.6) is 0 Å². The third kappa shape index (κ3) is 2.68. The number of hydrogen-bond donors (Lipinski definition) is 0. The quantitative estimate of drug-likeness (QED) is 0.536. The highest BCUT2D eigenvalue weighted by Gasteiger charge is 2.11. The average Bonchev–Trinajstić information content (AvgIpc) is 2.53. The molecule has 106 valence electrons. The van der Waals surface area contributed by atoms with Crippen molar-refractivity contribution in [3.8, 4) is 11.1 Å². The highest BCUT2D eigenvalue weighted by molar-refractivity contribution is 7.99. The Bertz CT molecular complexity index is 796. The molecule has 0 aliphatic carbocycles. The summed E-state index contributed by atoms with van der Waals surface area (Å²) in [5, 5.41) is 2.38. The summed E-state index contributed by atoms with van der Waals surface area (Å²) in [7, 11) is 0. The van der Waals surface area contributed by atoms with Crippen LogP contribution >= 0.6 is 23.5 Å². The number of halogens is 1. The van der Waals surface area contributed by atoms with Crippen LogP contribution in [0, 0.1) is 5.82 Å². The Labute approximate surface area is 132 Å². The Morgan fingerprint density at radius 3 is 2.24 bits per heavy atom. The minimum atomic E-state index is -0.173. The smallest absolute Gasteiger partial charge is 0.131 e. The van der Waals surface area contributed by atoms with Gasteiger partial charge in [-0.2, -0.15) is 0 Å². The molecule has 0 aliphatic heterocycles. The monoisotopic (exact) mass is 314 g/mol. The average molecular weight is 314 g/mol. The van der Waals surface area contributed by atoms with Crippen LogP contribution in [-0.4, -0.2) is 12.5 Å². The molecule has 0 unspecified atom stereocenters. The van der Waals surface area contributed by atoms with E-state index in [1.807, 2.05) is 18.4 Å². The zero-order valence-electron chi connectivity index (χ0n) is 11.9. The van der Waals surface area contributed by atoms with E-state index in [0.29, 0.717) is 5.56 Å². The van der Waals surface area contributed by atoms with E-state index in [4.69, 9.17) is 0 Å². The van der Waals surface area contributed by atoms with Gasteiger partial charge in [0.2, 0.25) is 0 Å². The Morgan fingerprint density at radius 1 is 0.762 bits per heavy atom. The van der Waals surface area contributed by atoms with Gasteiger partial charge < -0.3 is 0 Å². The van der Waals surface area contributed by atoms with Gasteiger partial charge in [0.15, 0.2) is 0 Å². The molecule has 0 aliphatic rings. The van der Waals surface area contributed by atoms with Crippen LogP contribution in [0.2, 0.25) is 0 Å². The predicted molar refractivity (Wildman–Crippen MR) is 92.9 cm³/mol. The Balaban J connectivity index is 2.31. The number of fused-ring (bicyclic) bond motifs is 1. The second kappa shape index (κ2) is 6.12. The first-order valence-electron chi connectivity index (χ1n) is 6.64. The molecule has 0 heterocycles. The summed E-state index contributed by atoms with van der Waals surface area (Å²) in [5.41, 5.74) is 1.63. The highest BCUT2D eigenvalue weighted by atomic mass is 32.2. The third-order valence-corrected chi connectivity index (χ3v) is 5.12. The summed E-state index contributed by atoms with van der Waals surface area (Å²) in [5.74, 6) is -0.173. The van der Waals surface area contributed by atoms with Crippen molar-refractivity contribution in [2.75, 3.05) is 12.5 Å². The summed E-state index contributed by atoms with van der Waals surface area (Å²) in [6.07, 6.45) is 4.12. The minimum Gasteiger partial charge on any atom is -0.206 e. The van der Waals surface area contributed by atoms with E-state index >= 15 is 0 Å². The van der Waals surface area contributed by atoms with E-state index in [9.17, 15) is 4.39 Å². The summed E-state index contributed by atoms with van der Waals surface area (Å²) < 4.78 is 14.1. The number of thioether (sulfide) groups is 2. The van der Waals surface area contributed by atoms with Crippen molar-refractivity contribution < 1.29 is 4.39 Å². The van der Waals surface area contributed by atoms with Crippen molar-refractivity contribution in [2.45, 2.75) is 9.79 Å². The van der Waals surface area contributed by atoms with Crippen molar-refractivity contribution >= 4 is 34.3 Å². The first-order valence-corrected chi connectivity index (χ1v) is 9.09. The normalized spacial score (nSPS) is 11.0. The van der Waals surface area contributed by atoms with Gasteiger partial charge >= 0.3 is 0 Å². The first-order chi connectivity index (χ1) is 10.2. The minimum absolute atomic E-state index is 0.173. The van der Waals surface area contributed by atoms with Crippen LogP contribution in [-0.2, 0) is 0 Å². The lowest BCUT2D eigenvalue weighted by Crippen LogP contribution is -1.88. The molecule has 0 saturated carbocycles. The standard InChI is InChI=1S/C18H15FS2/c1-20-17-9-5-6-12-10-15(18(21-2)11-14(12)17)13-7-3-4-8-16(13)19/h3-11H,1-2H3. The molecule has 0 amide bonds. The largest absolute Gasteiger partial charge is 0.206 e. The van der Waals surface area contributed by atoms with Crippen molar-refractivity contribution in [1.82, 2.24) is 0 Å². The van der Waals surface area contributed by atoms with E-state index in [0.717, 1.165) is 15.8 Å². The zero-order chi connectivity index (χ0) is 14.8. The predicted octanol–water partition coefficient (Wildman–Crippen LogP) is 6.09. The molecule has 0 aromatic heterocycles. The second-order valence-corrected chi connectivity index (χ2v) is 6.41. The number of rotatable bonds is 3. The zero-order valence-corrected chi connectivity index (χ0v) is 13.5. The SMILES string of the molecule is CSc1cc2c(SC)cccc2cc1-c1ccccc1F. The summed E-state index contributed by atoms with van der Waals surface area (Å²) in [6.45, 7) is 0. The third-order valence-electron chi connectivity index (χ3n) is 3.54. The van der Waals surface area contributed by atoms with Gasteiger partial charge in [-0.3, -0.25) is 0 Å². The molecule has 0 N–H and O–H groups in total. The molecule has 0 bridgehead atoms. The Morgan fingerprint density at radius 2 is 1.52 bits per heavy atom. The molecule has 3 rings (SSSR count). The van der Waals surface area contributed by atoms with E-state index in [1.54, 1.807) is 29.6 Å².